The van der Waals surface area contributed by atoms with E-state index < -0.39 is 0 Å². The first-order chi connectivity index (χ1) is 14.5. The number of fused-ring (bicyclic) bond motifs is 1. The minimum Gasteiger partial charge on any atom is -0.305 e. The summed E-state index contributed by atoms with van der Waals surface area (Å²) in [5, 5.41) is 0.531. The molecule has 0 bridgehead atoms. The standard InChI is InChI=1S/C25H23ClN2O2/c1-17-15-24(28(18(2)29)21-11-4-3-5-12-21)22-13-6-7-14-23(22)27(17)25(30)19-9-8-10-20(26)16-19/h3-14,16-17,24H,15H2,1-2H3/t17-,24-/m0/s1. The van der Waals surface area contributed by atoms with Gasteiger partial charge in [-0.15, -0.1) is 0 Å². The number of amides is 2. The molecule has 0 saturated carbocycles. The van der Waals surface area contributed by atoms with Crippen LogP contribution in [0.25, 0.3) is 0 Å². The van der Waals surface area contributed by atoms with Gasteiger partial charge in [0.25, 0.3) is 5.91 Å². The first-order valence-corrected chi connectivity index (χ1v) is 10.4. The van der Waals surface area contributed by atoms with E-state index in [2.05, 4.69) is 0 Å². The van der Waals surface area contributed by atoms with Crippen LogP contribution < -0.4 is 9.80 Å². The van der Waals surface area contributed by atoms with Crippen molar-refractivity contribution in [2.75, 3.05) is 9.80 Å². The van der Waals surface area contributed by atoms with Crippen molar-refractivity contribution >= 4 is 34.8 Å². The van der Waals surface area contributed by atoms with Crippen molar-refractivity contribution in [2.45, 2.75) is 32.4 Å². The van der Waals surface area contributed by atoms with E-state index >= 15 is 0 Å². The average Bonchev–Trinajstić information content (AvgIpc) is 2.74. The number of anilines is 2. The fraction of sp³-hybridized carbons (Fsp3) is 0.200. The minimum atomic E-state index is -0.153. The van der Waals surface area contributed by atoms with Gasteiger partial charge < -0.3 is 9.80 Å². The molecule has 1 heterocycles. The fourth-order valence-electron chi connectivity index (χ4n) is 4.27. The van der Waals surface area contributed by atoms with Crippen LogP contribution in [0.3, 0.4) is 0 Å². The van der Waals surface area contributed by atoms with Gasteiger partial charge in [-0.3, -0.25) is 9.59 Å². The first-order valence-electron chi connectivity index (χ1n) is 10.00. The summed E-state index contributed by atoms with van der Waals surface area (Å²) in [4.78, 5) is 29.7. The number of carbonyl (C=O) groups excluding carboxylic acids is 2. The summed E-state index contributed by atoms with van der Waals surface area (Å²) in [5.41, 5.74) is 3.19. The third-order valence-electron chi connectivity index (χ3n) is 5.54. The lowest BCUT2D eigenvalue weighted by Crippen LogP contribution is -2.47. The predicted molar refractivity (Wildman–Crippen MR) is 121 cm³/mol. The van der Waals surface area contributed by atoms with E-state index in [1.54, 1.807) is 31.2 Å². The van der Waals surface area contributed by atoms with Gasteiger partial charge in [0.1, 0.15) is 0 Å². The largest absolute Gasteiger partial charge is 0.305 e. The fourth-order valence-corrected chi connectivity index (χ4v) is 4.46. The van der Waals surface area contributed by atoms with Crippen molar-refractivity contribution in [3.05, 3.63) is 95.0 Å². The SMILES string of the molecule is CC(=O)N(c1ccccc1)[C@H]1C[C@H](C)N(C(=O)c2cccc(Cl)c2)c2ccccc21. The van der Waals surface area contributed by atoms with E-state index in [0.29, 0.717) is 17.0 Å². The topological polar surface area (TPSA) is 40.6 Å². The molecule has 152 valence electrons. The number of benzene rings is 3. The quantitative estimate of drug-likeness (QED) is 0.533. The van der Waals surface area contributed by atoms with Crippen LogP contribution in [-0.4, -0.2) is 17.9 Å². The van der Waals surface area contributed by atoms with E-state index in [1.165, 1.54) is 0 Å². The Bertz CT molecular complexity index is 1080. The first kappa shape index (κ1) is 20.2. The van der Waals surface area contributed by atoms with Gasteiger partial charge in [-0.2, -0.15) is 0 Å². The molecule has 2 amide bonds. The number of nitrogens with zero attached hydrogens (tertiary/aromatic N) is 2. The Morgan fingerprint density at radius 3 is 2.37 bits per heavy atom. The summed E-state index contributed by atoms with van der Waals surface area (Å²) in [6.07, 6.45) is 0.637. The molecule has 0 radical (unpaired) electrons. The summed E-state index contributed by atoms with van der Waals surface area (Å²) in [7, 11) is 0. The van der Waals surface area contributed by atoms with Gasteiger partial charge in [0.15, 0.2) is 0 Å². The number of halogens is 1. The van der Waals surface area contributed by atoms with Gasteiger partial charge >= 0.3 is 0 Å². The molecule has 2 atom stereocenters. The van der Waals surface area contributed by atoms with E-state index in [1.807, 2.05) is 71.3 Å². The van der Waals surface area contributed by atoms with Gasteiger partial charge in [0.2, 0.25) is 5.91 Å². The molecule has 0 aromatic heterocycles. The highest BCUT2D eigenvalue weighted by molar-refractivity contribution is 6.31. The molecule has 5 heteroatoms. The monoisotopic (exact) mass is 418 g/mol. The molecule has 0 unspecified atom stereocenters. The van der Waals surface area contributed by atoms with Gasteiger partial charge in [0, 0.05) is 34.9 Å². The number of rotatable bonds is 3. The second-order valence-electron chi connectivity index (χ2n) is 7.57. The van der Waals surface area contributed by atoms with Gasteiger partial charge in [-0.1, -0.05) is 54.1 Å². The highest BCUT2D eigenvalue weighted by Gasteiger charge is 2.38. The van der Waals surface area contributed by atoms with Crippen LogP contribution in [0.1, 0.15) is 42.2 Å². The van der Waals surface area contributed by atoms with Crippen molar-refractivity contribution in [3.8, 4) is 0 Å². The highest BCUT2D eigenvalue weighted by atomic mass is 35.5. The molecule has 0 fully saturated rings. The smallest absolute Gasteiger partial charge is 0.258 e. The lowest BCUT2D eigenvalue weighted by atomic mass is 9.89. The van der Waals surface area contributed by atoms with Crippen LogP contribution in [-0.2, 0) is 4.79 Å². The van der Waals surface area contributed by atoms with Crippen molar-refractivity contribution < 1.29 is 9.59 Å². The third kappa shape index (κ3) is 3.71. The molecular weight excluding hydrogens is 396 g/mol. The number of hydrogen-bond donors (Lipinski definition) is 0. The molecule has 1 aliphatic heterocycles. The van der Waals surface area contributed by atoms with Crippen molar-refractivity contribution in [1.29, 1.82) is 0 Å². The molecule has 0 N–H and O–H groups in total. The van der Waals surface area contributed by atoms with E-state index in [0.717, 1.165) is 16.9 Å². The summed E-state index contributed by atoms with van der Waals surface area (Å²) < 4.78 is 0. The number of carbonyl (C=O) groups is 2. The van der Waals surface area contributed by atoms with Gasteiger partial charge in [0.05, 0.1) is 6.04 Å². The van der Waals surface area contributed by atoms with Crippen LogP contribution >= 0.6 is 11.6 Å². The van der Waals surface area contributed by atoms with Crippen LogP contribution in [0.15, 0.2) is 78.9 Å². The zero-order valence-corrected chi connectivity index (χ0v) is 17.7. The van der Waals surface area contributed by atoms with Crippen LogP contribution in [0, 0.1) is 0 Å². The lowest BCUT2D eigenvalue weighted by Gasteiger charge is -2.43. The maximum absolute atomic E-state index is 13.4. The van der Waals surface area contributed by atoms with Crippen molar-refractivity contribution in [1.82, 2.24) is 0 Å². The Hall–Kier alpha value is -3.11. The Morgan fingerprint density at radius 1 is 0.967 bits per heavy atom. The summed E-state index contributed by atoms with van der Waals surface area (Å²) in [6, 6.07) is 24.3. The maximum atomic E-state index is 13.4. The molecule has 0 aliphatic carbocycles. The number of hydrogen-bond acceptors (Lipinski definition) is 2. The number of para-hydroxylation sites is 2. The molecule has 1 aliphatic rings. The Kier molecular flexibility index (Phi) is 5.60. The predicted octanol–water partition coefficient (Wildman–Crippen LogP) is 5.87. The Balaban J connectivity index is 1.79. The molecular formula is C25H23ClN2O2. The van der Waals surface area contributed by atoms with E-state index in [-0.39, 0.29) is 23.9 Å². The van der Waals surface area contributed by atoms with Crippen LogP contribution in [0.5, 0.6) is 0 Å². The normalized spacial score (nSPS) is 17.9. The Labute approximate surface area is 181 Å². The lowest BCUT2D eigenvalue weighted by molar-refractivity contribution is -0.117. The van der Waals surface area contributed by atoms with Crippen molar-refractivity contribution in [2.24, 2.45) is 0 Å². The summed E-state index contributed by atoms with van der Waals surface area (Å²) in [6.45, 7) is 3.61. The summed E-state index contributed by atoms with van der Waals surface area (Å²) in [5.74, 6) is -0.118. The minimum absolute atomic E-state index is 0.0252. The maximum Gasteiger partial charge on any atom is 0.258 e. The van der Waals surface area contributed by atoms with E-state index in [9.17, 15) is 9.59 Å². The molecule has 0 saturated heterocycles. The zero-order valence-electron chi connectivity index (χ0n) is 17.0. The molecule has 3 aromatic carbocycles. The third-order valence-corrected chi connectivity index (χ3v) is 5.77. The second kappa shape index (κ2) is 8.33. The van der Waals surface area contributed by atoms with Crippen LogP contribution in [0.2, 0.25) is 5.02 Å². The zero-order chi connectivity index (χ0) is 21.3. The van der Waals surface area contributed by atoms with Crippen LogP contribution in [0.4, 0.5) is 11.4 Å². The van der Waals surface area contributed by atoms with Crippen molar-refractivity contribution in [3.63, 3.8) is 0 Å². The molecule has 0 spiro atoms. The van der Waals surface area contributed by atoms with Gasteiger partial charge in [-0.05, 0) is 55.3 Å². The highest BCUT2D eigenvalue weighted by Crippen LogP contribution is 2.42. The van der Waals surface area contributed by atoms with Gasteiger partial charge in [-0.25, -0.2) is 0 Å². The molecule has 4 rings (SSSR count). The Morgan fingerprint density at radius 2 is 1.67 bits per heavy atom. The second-order valence-corrected chi connectivity index (χ2v) is 8.01. The average molecular weight is 419 g/mol. The molecule has 3 aromatic rings. The summed E-state index contributed by atoms with van der Waals surface area (Å²) >= 11 is 6.12. The van der Waals surface area contributed by atoms with E-state index in [4.69, 9.17) is 11.6 Å². The molecule has 30 heavy (non-hydrogen) atoms. The molecule has 4 nitrogen and oxygen atoms in total.